The number of hydrogen-bond acceptors (Lipinski definition) is 9. The molecule has 2 aromatic carbocycles. The number of nitrogens with zero attached hydrogens (tertiary/aromatic N) is 2. The third-order valence-corrected chi connectivity index (χ3v) is 8.57. The molecule has 40 heavy (non-hydrogen) atoms. The van der Waals surface area contributed by atoms with Crippen LogP contribution in [0.4, 0.5) is 23.1 Å². The molecule has 0 bridgehead atoms. The second kappa shape index (κ2) is 14.3. The molecule has 214 valence electrons. The number of unbranched alkanes of at least 4 members (excludes halogenated alkanes) is 2. The van der Waals surface area contributed by atoms with Crippen molar-refractivity contribution in [2.75, 3.05) is 17.2 Å². The van der Waals surface area contributed by atoms with E-state index < -0.39 is 21.0 Å². The number of amides is 2. The topological polar surface area (TPSA) is 162 Å². The van der Waals surface area contributed by atoms with Crippen LogP contribution in [-0.2, 0) is 14.6 Å². The van der Waals surface area contributed by atoms with Crippen molar-refractivity contribution in [3.8, 4) is 0 Å². The Balaban J connectivity index is 1.66. The van der Waals surface area contributed by atoms with Crippen LogP contribution in [-0.4, -0.2) is 47.2 Å². The number of sulfone groups is 1. The number of rotatable bonds is 13. The molecule has 0 aliphatic carbocycles. The first-order valence-corrected chi connectivity index (χ1v) is 14.7. The van der Waals surface area contributed by atoms with Gasteiger partial charge >= 0.3 is 0 Å². The standard InChI is InChI=1S/C26H30Cl2N6O5S/c1-16(2)40(38,39)22-9-6-5-8-21(22)32-24-20(28)15-30-26(33-24)31-17-11-12-18(19(27)14-17)25(36)29-13-7-3-4-10-23(35)34-37/h5-6,8-9,11-12,14-16,37H,3-4,7,10,13H2,1-2H3,(H,29,36)(H,34,35)(H2,30,31,32,33). The largest absolute Gasteiger partial charge is 0.352 e. The maximum absolute atomic E-state index is 12.8. The Hall–Kier alpha value is -3.45. The molecule has 0 fully saturated rings. The highest BCUT2D eigenvalue weighted by Gasteiger charge is 2.23. The predicted octanol–water partition coefficient (Wildman–Crippen LogP) is 5.25. The molecule has 0 unspecified atom stereocenters. The van der Waals surface area contributed by atoms with Crippen molar-refractivity contribution in [3.63, 3.8) is 0 Å². The van der Waals surface area contributed by atoms with E-state index in [0.29, 0.717) is 37.2 Å². The van der Waals surface area contributed by atoms with Crippen LogP contribution in [0, 0.1) is 0 Å². The van der Waals surface area contributed by atoms with Crippen molar-refractivity contribution < 1.29 is 23.2 Å². The fourth-order valence-electron chi connectivity index (χ4n) is 3.56. The zero-order valence-corrected chi connectivity index (χ0v) is 24.2. The molecule has 5 N–H and O–H groups in total. The lowest BCUT2D eigenvalue weighted by Gasteiger charge is -2.15. The zero-order valence-electron chi connectivity index (χ0n) is 21.9. The molecule has 1 heterocycles. The van der Waals surface area contributed by atoms with Crippen LogP contribution in [0.25, 0.3) is 0 Å². The molecular formula is C26H30Cl2N6O5S. The number of aromatic nitrogens is 2. The molecule has 0 saturated heterocycles. The summed E-state index contributed by atoms with van der Waals surface area (Å²) in [6.45, 7) is 3.62. The van der Waals surface area contributed by atoms with E-state index in [1.807, 2.05) is 0 Å². The molecule has 0 radical (unpaired) electrons. The van der Waals surface area contributed by atoms with Crippen LogP contribution < -0.4 is 21.4 Å². The first kappa shape index (κ1) is 31.1. The highest BCUT2D eigenvalue weighted by molar-refractivity contribution is 7.92. The van der Waals surface area contributed by atoms with Crippen LogP contribution in [0.15, 0.2) is 53.6 Å². The van der Waals surface area contributed by atoms with E-state index in [1.165, 1.54) is 12.3 Å². The van der Waals surface area contributed by atoms with Gasteiger partial charge in [-0.25, -0.2) is 18.9 Å². The summed E-state index contributed by atoms with van der Waals surface area (Å²) >= 11 is 12.6. The molecular weight excluding hydrogens is 579 g/mol. The van der Waals surface area contributed by atoms with E-state index in [4.69, 9.17) is 28.4 Å². The SMILES string of the molecule is CC(C)S(=O)(=O)c1ccccc1Nc1nc(Nc2ccc(C(=O)NCCCCCC(=O)NO)c(Cl)c2)ncc1Cl. The molecule has 0 spiro atoms. The maximum atomic E-state index is 12.8. The summed E-state index contributed by atoms with van der Waals surface area (Å²) in [5, 5.41) is 17.0. The van der Waals surface area contributed by atoms with E-state index >= 15 is 0 Å². The lowest BCUT2D eigenvalue weighted by atomic mass is 10.1. The lowest BCUT2D eigenvalue weighted by molar-refractivity contribution is -0.129. The molecule has 0 atom stereocenters. The van der Waals surface area contributed by atoms with Crippen LogP contribution in [0.3, 0.4) is 0 Å². The fourth-order valence-corrected chi connectivity index (χ4v) is 5.17. The number of benzene rings is 2. The summed E-state index contributed by atoms with van der Waals surface area (Å²) in [7, 11) is -3.56. The molecule has 1 aromatic heterocycles. The third kappa shape index (κ3) is 8.28. The molecule has 0 aliphatic rings. The molecule has 3 aromatic rings. The quantitative estimate of drug-likeness (QED) is 0.0990. The molecule has 11 nitrogen and oxygen atoms in total. The van der Waals surface area contributed by atoms with Crippen LogP contribution in [0.1, 0.15) is 49.9 Å². The Morgan fingerprint density at radius 3 is 2.45 bits per heavy atom. The molecule has 0 saturated carbocycles. The Morgan fingerprint density at radius 2 is 1.75 bits per heavy atom. The zero-order chi connectivity index (χ0) is 29.3. The van der Waals surface area contributed by atoms with Gasteiger partial charge in [0.15, 0.2) is 15.7 Å². The van der Waals surface area contributed by atoms with Gasteiger partial charge in [-0.15, -0.1) is 0 Å². The first-order chi connectivity index (χ1) is 19.0. The Bertz CT molecular complexity index is 1470. The molecule has 0 aliphatic heterocycles. The second-order valence-corrected chi connectivity index (χ2v) is 12.3. The van der Waals surface area contributed by atoms with E-state index in [-0.39, 0.29) is 44.6 Å². The minimum absolute atomic E-state index is 0.129. The number of carbonyl (C=O) groups excluding carboxylic acids is 2. The van der Waals surface area contributed by atoms with Gasteiger partial charge in [0.1, 0.15) is 5.02 Å². The first-order valence-electron chi connectivity index (χ1n) is 12.4. The number of halogens is 2. The van der Waals surface area contributed by atoms with Crippen molar-refractivity contribution in [1.82, 2.24) is 20.8 Å². The Kier molecular flexibility index (Phi) is 11.1. The van der Waals surface area contributed by atoms with Crippen molar-refractivity contribution in [2.24, 2.45) is 0 Å². The summed E-state index contributed by atoms with van der Waals surface area (Å²) in [5.74, 6) is -0.416. The van der Waals surface area contributed by atoms with Crippen LogP contribution in [0.5, 0.6) is 0 Å². The summed E-state index contributed by atoms with van der Waals surface area (Å²) in [6.07, 6.45) is 3.56. The number of hydroxylamine groups is 1. The number of para-hydroxylation sites is 1. The average molecular weight is 610 g/mol. The highest BCUT2D eigenvalue weighted by atomic mass is 35.5. The summed E-state index contributed by atoms with van der Waals surface area (Å²) < 4.78 is 25.6. The average Bonchev–Trinajstić information content (AvgIpc) is 2.92. The lowest BCUT2D eigenvalue weighted by Crippen LogP contribution is -2.25. The van der Waals surface area contributed by atoms with Gasteiger partial charge in [-0.2, -0.15) is 4.98 Å². The normalized spacial score (nSPS) is 11.2. The summed E-state index contributed by atoms with van der Waals surface area (Å²) in [6, 6.07) is 11.3. The number of nitrogens with one attached hydrogen (secondary N) is 4. The monoisotopic (exact) mass is 608 g/mol. The van der Waals surface area contributed by atoms with E-state index in [9.17, 15) is 18.0 Å². The van der Waals surface area contributed by atoms with E-state index in [2.05, 4.69) is 25.9 Å². The number of carbonyl (C=O) groups is 2. The fraction of sp³-hybridized carbons (Fsp3) is 0.308. The van der Waals surface area contributed by atoms with Crippen LogP contribution in [0.2, 0.25) is 10.0 Å². The molecule has 3 rings (SSSR count). The van der Waals surface area contributed by atoms with Gasteiger partial charge in [0, 0.05) is 18.7 Å². The minimum Gasteiger partial charge on any atom is -0.352 e. The Labute approximate surface area is 242 Å². The van der Waals surface area contributed by atoms with E-state index in [1.54, 1.807) is 55.7 Å². The Morgan fingerprint density at radius 1 is 1.00 bits per heavy atom. The van der Waals surface area contributed by atoms with Gasteiger partial charge in [0.2, 0.25) is 11.9 Å². The van der Waals surface area contributed by atoms with Crippen molar-refractivity contribution in [2.45, 2.75) is 49.7 Å². The number of anilines is 4. The van der Waals surface area contributed by atoms with Gasteiger partial charge in [0.25, 0.3) is 5.91 Å². The molecule has 14 heteroatoms. The van der Waals surface area contributed by atoms with Gasteiger partial charge < -0.3 is 16.0 Å². The van der Waals surface area contributed by atoms with Crippen LogP contribution >= 0.6 is 23.2 Å². The predicted molar refractivity (Wildman–Crippen MR) is 155 cm³/mol. The molecule has 2 amide bonds. The maximum Gasteiger partial charge on any atom is 0.252 e. The van der Waals surface area contributed by atoms with Gasteiger partial charge in [-0.05, 0) is 57.0 Å². The van der Waals surface area contributed by atoms with Crippen molar-refractivity contribution in [1.29, 1.82) is 0 Å². The van der Waals surface area contributed by atoms with Crippen molar-refractivity contribution in [3.05, 3.63) is 64.3 Å². The smallest absolute Gasteiger partial charge is 0.252 e. The minimum atomic E-state index is -3.56. The summed E-state index contributed by atoms with van der Waals surface area (Å²) in [5.41, 5.74) is 2.71. The van der Waals surface area contributed by atoms with Gasteiger partial charge in [-0.1, -0.05) is 41.8 Å². The van der Waals surface area contributed by atoms with E-state index in [0.717, 1.165) is 0 Å². The van der Waals surface area contributed by atoms with Gasteiger partial charge in [-0.3, -0.25) is 14.8 Å². The summed E-state index contributed by atoms with van der Waals surface area (Å²) in [4.78, 5) is 32.2. The second-order valence-electron chi connectivity index (χ2n) is 9.03. The van der Waals surface area contributed by atoms with Crippen molar-refractivity contribution >= 4 is 68.0 Å². The third-order valence-electron chi connectivity index (χ3n) is 5.77. The highest BCUT2D eigenvalue weighted by Crippen LogP contribution is 2.31. The van der Waals surface area contributed by atoms with Gasteiger partial charge in [0.05, 0.1) is 32.6 Å². The number of hydrogen-bond donors (Lipinski definition) is 5.